The molecule has 1 aromatic heterocycles. The van der Waals surface area contributed by atoms with Crippen LogP contribution in [0, 0.1) is 6.92 Å². The zero-order chi connectivity index (χ0) is 22.4. The van der Waals surface area contributed by atoms with Gasteiger partial charge in [0, 0.05) is 18.7 Å². The van der Waals surface area contributed by atoms with Crippen molar-refractivity contribution >= 4 is 11.9 Å². The van der Waals surface area contributed by atoms with E-state index in [-0.39, 0.29) is 5.91 Å². The molecule has 0 aliphatic heterocycles. The molecule has 0 spiro atoms. The van der Waals surface area contributed by atoms with Crippen molar-refractivity contribution in [1.29, 1.82) is 0 Å². The molecule has 0 saturated carbocycles. The highest BCUT2D eigenvalue weighted by Gasteiger charge is 2.16. The molecule has 3 aromatic rings. The van der Waals surface area contributed by atoms with Gasteiger partial charge in [0.25, 0.3) is 5.91 Å². The Bertz CT molecular complexity index is 1040. The standard InChI is InChI=1S/C24H28N4O3/c1-5-31-24(30)22-15-26-28(17(22)2)21-12-10-20(11-13-21)23(29)25-14-18-6-8-19(9-7-18)16-27(3)4/h6-13,15H,5,14,16H2,1-4H3,(H,25,29). The Labute approximate surface area is 182 Å². The Hall–Kier alpha value is -3.45. The maximum atomic E-state index is 12.5. The summed E-state index contributed by atoms with van der Waals surface area (Å²) in [7, 11) is 4.07. The van der Waals surface area contributed by atoms with Crippen LogP contribution in [0.1, 0.15) is 44.5 Å². The van der Waals surface area contributed by atoms with E-state index in [1.54, 1.807) is 35.9 Å². The number of benzene rings is 2. The summed E-state index contributed by atoms with van der Waals surface area (Å²) in [5.74, 6) is -0.537. The minimum absolute atomic E-state index is 0.145. The van der Waals surface area contributed by atoms with Crippen LogP contribution in [0.5, 0.6) is 0 Å². The number of carbonyl (C=O) groups is 2. The second-order valence-electron chi connectivity index (χ2n) is 7.56. The van der Waals surface area contributed by atoms with Crippen molar-refractivity contribution < 1.29 is 14.3 Å². The van der Waals surface area contributed by atoms with Gasteiger partial charge in [-0.2, -0.15) is 5.10 Å². The molecule has 31 heavy (non-hydrogen) atoms. The van der Waals surface area contributed by atoms with Gasteiger partial charge in [-0.1, -0.05) is 24.3 Å². The fraction of sp³-hybridized carbons (Fsp3) is 0.292. The third kappa shape index (κ3) is 5.58. The number of aromatic nitrogens is 2. The molecule has 1 N–H and O–H groups in total. The Balaban J connectivity index is 1.62. The van der Waals surface area contributed by atoms with E-state index in [1.807, 2.05) is 33.2 Å². The van der Waals surface area contributed by atoms with Gasteiger partial charge in [0.15, 0.2) is 0 Å². The topological polar surface area (TPSA) is 76.5 Å². The van der Waals surface area contributed by atoms with E-state index in [2.05, 4.69) is 27.4 Å². The van der Waals surface area contributed by atoms with Gasteiger partial charge >= 0.3 is 5.97 Å². The molecular weight excluding hydrogens is 392 g/mol. The summed E-state index contributed by atoms with van der Waals surface area (Å²) in [6, 6.07) is 15.3. The Morgan fingerprint density at radius 3 is 2.29 bits per heavy atom. The number of nitrogens with zero attached hydrogens (tertiary/aromatic N) is 3. The van der Waals surface area contributed by atoms with Crippen molar-refractivity contribution in [3.05, 3.63) is 82.7 Å². The summed E-state index contributed by atoms with van der Waals surface area (Å²) in [6.45, 7) is 5.23. The number of hydrogen-bond donors (Lipinski definition) is 1. The van der Waals surface area contributed by atoms with Crippen LogP contribution in [0.15, 0.2) is 54.7 Å². The van der Waals surface area contributed by atoms with Gasteiger partial charge in [-0.15, -0.1) is 0 Å². The highest BCUT2D eigenvalue weighted by molar-refractivity contribution is 5.94. The first-order chi connectivity index (χ1) is 14.9. The van der Waals surface area contributed by atoms with E-state index in [0.717, 1.165) is 17.8 Å². The predicted octanol–water partition coefficient (Wildman–Crippen LogP) is 3.35. The van der Waals surface area contributed by atoms with Gasteiger partial charge in [-0.25, -0.2) is 9.48 Å². The normalized spacial score (nSPS) is 10.9. The van der Waals surface area contributed by atoms with Crippen LogP contribution < -0.4 is 5.32 Å². The quantitative estimate of drug-likeness (QED) is 0.566. The van der Waals surface area contributed by atoms with Gasteiger partial charge in [0.05, 0.1) is 24.2 Å². The molecule has 0 aliphatic carbocycles. The van der Waals surface area contributed by atoms with Crippen LogP contribution in [-0.2, 0) is 17.8 Å². The van der Waals surface area contributed by atoms with E-state index in [4.69, 9.17) is 4.74 Å². The molecule has 1 heterocycles. The SMILES string of the molecule is CCOC(=O)c1cnn(-c2ccc(C(=O)NCc3ccc(CN(C)C)cc3)cc2)c1C. The Morgan fingerprint density at radius 2 is 1.68 bits per heavy atom. The van der Waals surface area contributed by atoms with Gasteiger partial charge in [0.2, 0.25) is 0 Å². The number of nitrogens with one attached hydrogen (secondary N) is 1. The molecule has 0 bridgehead atoms. The van der Waals surface area contributed by atoms with Gasteiger partial charge in [-0.05, 0) is 63.3 Å². The maximum absolute atomic E-state index is 12.5. The zero-order valence-corrected chi connectivity index (χ0v) is 18.4. The third-order valence-electron chi connectivity index (χ3n) is 4.85. The van der Waals surface area contributed by atoms with Crippen molar-refractivity contribution in [2.45, 2.75) is 26.9 Å². The first-order valence-electron chi connectivity index (χ1n) is 10.2. The fourth-order valence-corrected chi connectivity index (χ4v) is 3.25. The number of esters is 1. The Kier molecular flexibility index (Phi) is 7.20. The van der Waals surface area contributed by atoms with Crippen molar-refractivity contribution in [2.75, 3.05) is 20.7 Å². The summed E-state index contributed by atoms with van der Waals surface area (Å²) < 4.78 is 6.70. The predicted molar refractivity (Wildman–Crippen MR) is 119 cm³/mol. The number of hydrogen-bond acceptors (Lipinski definition) is 5. The number of carbonyl (C=O) groups excluding carboxylic acids is 2. The molecule has 7 nitrogen and oxygen atoms in total. The van der Waals surface area contributed by atoms with Gasteiger partial charge < -0.3 is 15.0 Å². The second-order valence-corrected chi connectivity index (χ2v) is 7.56. The molecule has 0 unspecified atom stereocenters. The second kappa shape index (κ2) is 10.0. The molecule has 0 radical (unpaired) electrons. The fourth-order valence-electron chi connectivity index (χ4n) is 3.25. The van der Waals surface area contributed by atoms with Crippen LogP contribution in [0.3, 0.4) is 0 Å². The van der Waals surface area contributed by atoms with Gasteiger partial charge in [0.1, 0.15) is 5.56 Å². The first-order valence-corrected chi connectivity index (χ1v) is 10.2. The zero-order valence-electron chi connectivity index (χ0n) is 18.4. The summed E-state index contributed by atoms with van der Waals surface area (Å²) in [5, 5.41) is 7.22. The van der Waals surface area contributed by atoms with Crippen LogP contribution in [0.4, 0.5) is 0 Å². The lowest BCUT2D eigenvalue weighted by Gasteiger charge is -2.11. The van der Waals surface area contributed by atoms with E-state index in [0.29, 0.717) is 30.0 Å². The van der Waals surface area contributed by atoms with E-state index >= 15 is 0 Å². The van der Waals surface area contributed by atoms with Gasteiger partial charge in [-0.3, -0.25) is 4.79 Å². The Morgan fingerprint density at radius 1 is 1.03 bits per heavy atom. The van der Waals surface area contributed by atoms with Crippen molar-refractivity contribution in [1.82, 2.24) is 20.0 Å². The first kappa shape index (κ1) is 22.2. The molecule has 7 heteroatoms. The molecule has 0 aliphatic rings. The average molecular weight is 421 g/mol. The maximum Gasteiger partial charge on any atom is 0.341 e. The van der Waals surface area contributed by atoms with E-state index < -0.39 is 5.97 Å². The summed E-state index contributed by atoms with van der Waals surface area (Å²) in [5.41, 5.74) is 4.72. The molecule has 0 saturated heterocycles. The van der Waals surface area contributed by atoms with E-state index in [1.165, 1.54) is 11.8 Å². The number of rotatable bonds is 8. The number of amides is 1. The molecule has 1 amide bonds. The monoisotopic (exact) mass is 420 g/mol. The molecule has 2 aromatic carbocycles. The summed E-state index contributed by atoms with van der Waals surface area (Å²) in [4.78, 5) is 26.6. The lowest BCUT2D eigenvalue weighted by atomic mass is 10.1. The molecule has 0 fully saturated rings. The molecule has 162 valence electrons. The summed E-state index contributed by atoms with van der Waals surface area (Å²) >= 11 is 0. The van der Waals surface area contributed by atoms with E-state index in [9.17, 15) is 9.59 Å². The van der Waals surface area contributed by atoms with Crippen molar-refractivity contribution in [3.8, 4) is 5.69 Å². The van der Waals surface area contributed by atoms with Crippen LogP contribution >= 0.6 is 0 Å². The molecule has 3 rings (SSSR count). The lowest BCUT2D eigenvalue weighted by Crippen LogP contribution is -2.22. The lowest BCUT2D eigenvalue weighted by molar-refractivity contribution is 0.0525. The van der Waals surface area contributed by atoms with Crippen LogP contribution in [0.2, 0.25) is 0 Å². The third-order valence-corrected chi connectivity index (χ3v) is 4.85. The average Bonchev–Trinajstić information content (AvgIpc) is 3.14. The highest BCUT2D eigenvalue weighted by atomic mass is 16.5. The highest BCUT2D eigenvalue weighted by Crippen LogP contribution is 2.16. The molecular formula is C24H28N4O3. The van der Waals surface area contributed by atoms with Crippen molar-refractivity contribution in [3.63, 3.8) is 0 Å². The van der Waals surface area contributed by atoms with Crippen LogP contribution in [-0.4, -0.2) is 47.3 Å². The minimum atomic E-state index is -0.392. The smallest absolute Gasteiger partial charge is 0.341 e. The van der Waals surface area contributed by atoms with Crippen molar-refractivity contribution in [2.24, 2.45) is 0 Å². The molecule has 0 atom stereocenters. The van der Waals surface area contributed by atoms with Crippen LogP contribution in [0.25, 0.3) is 5.69 Å². The summed E-state index contributed by atoms with van der Waals surface area (Å²) in [6.07, 6.45) is 1.50. The largest absolute Gasteiger partial charge is 0.462 e. The number of ether oxygens (including phenoxy) is 1. The minimum Gasteiger partial charge on any atom is -0.462 e.